The lowest BCUT2D eigenvalue weighted by Gasteiger charge is -2.44. The van der Waals surface area contributed by atoms with Crippen molar-refractivity contribution in [2.75, 3.05) is 39.9 Å². The Kier molecular flexibility index (Phi) is 9.46. The smallest absolute Gasteiger partial charge is 0.320 e. The summed E-state index contributed by atoms with van der Waals surface area (Å²) < 4.78 is 11.8. The summed E-state index contributed by atoms with van der Waals surface area (Å²) in [7, 11) is 1.70. The van der Waals surface area contributed by atoms with E-state index < -0.39 is 5.60 Å². The molecule has 2 saturated heterocycles. The van der Waals surface area contributed by atoms with Crippen LogP contribution in [0.15, 0.2) is 48.5 Å². The van der Waals surface area contributed by atoms with Crippen molar-refractivity contribution in [1.82, 2.24) is 9.80 Å². The molecule has 2 aromatic carbocycles. The molecule has 7 heteroatoms. The molecule has 2 unspecified atom stereocenters. The van der Waals surface area contributed by atoms with Gasteiger partial charge >= 0.3 is 6.03 Å². The van der Waals surface area contributed by atoms with Gasteiger partial charge in [-0.05, 0) is 62.6 Å². The average molecular weight is 510 g/mol. The van der Waals surface area contributed by atoms with E-state index in [9.17, 15) is 9.90 Å². The SMILES string of the molecule is CCc1ccccc1Oc1ccccc1[C@](O)(CCCCOC)C1CCCN(C(=O)N2CCC(N)C2)C1. The molecule has 2 aliphatic rings. The van der Waals surface area contributed by atoms with E-state index in [-0.39, 0.29) is 18.0 Å². The number of piperidine rings is 1. The molecular formula is C30H43N3O4. The molecule has 3 N–H and O–H groups in total. The van der Waals surface area contributed by atoms with Crippen LogP contribution in [0.3, 0.4) is 0 Å². The van der Waals surface area contributed by atoms with Crippen molar-refractivity contribution in [3.05, 3.63) is 59.7 Å². The highest BCUT2D eigenvalue weighted by Gasteiger charge is 2.43. The van der Waals surface area contributed by atoms with Gasteiger partial charge in [0.1, 0.15) is 11.5 Å². The molecule has 4 rings (SSSR count). The maximum absolute atomic E-state index is 13.3. The number of carbonyl (C=O) groups excluding carboxylic acids is 1. The van der Waals surface area contributed by atoms with Crippen LogP contribution in [0.4, 0.5) is 4.79 Å². The van der Waals surface area contributed by atoms with Gasteiger partial charge in [0.25, 0.3) is 0 Å². The molecule has 37 heavy (non-hydrogen) atoms. The number of nitrogens with zero attached hydrogens (tertiary/aromatic N) is 2. The Morgan fingerprint density at radius 3 is 2.49 bits per heavy atom. The quantitative estimate of drug-likeness (QED) is 0.444. The number of likely N-dealkylation sites (tertiary alicyclic amines) is 2. The van der Waals surface area contributed by atoms with Gasteiger partial charge in [-0.2, -0.15) is 0 Å². The van der Waals surface area contributed by atoms with Gasteiger partial charge in [0, 0.05) is 57.4 Å². The summed E-state index contributed by atoms with van der Waals surface area (Å²) in [5.41, 5.74) is 6.85. The molecular weight excluding hydrogens is 466 g/mol. The van der Waals surface area contributed by atoms with Gasteiger partial charge in [0.15, 0.2) is 0 Å². The first-order valence-electron chi connectivity index (χ1n) is 13.8. The Hall–Kier alpha value is -2.61. The number of hydrogen-bond donors (Lipinski definition) is 2. The molecule has 202 valence electrons. The fourth-order valence-corrected chi connectivity index (χ4v) is 5.83. The number of rotatable bonds is 10. The zero-order chi connectivity index (χ0) is 26.3. The largest absolute Gasteiger partial charge is 0.457 e. The number of urea groups is 1. The molecule has 0 bridgehead atoms. The van der Waals surface area contributed by atoms with Crippen LogP contribution in [0.2, 0.25) is 0 Å². The standard InChI is InChI=1S/C30H43N3O4/c1-3-23-11-4-6-14-27(23)37-28-15-7-5-13-26(28)30(35,17-8-9-20-36-2)24-12-10-18-32(21-24)29(34)33-19-16-25(31)22-33/h4-7,11,13-15,24-25,35H,3,8-10,12,16-22,31H2,1-2H3/t24?,25?,30-/m0/s1. The van der Waals surface area contributed by atoms with Gasteiger partial charge < -0.3 is 30.1 Å². The van der Waals surface area contributed by atoms with Gasteiger partial charge in [0.2, 0.25) is 0 Å². The highest BCUT2D eigenvalue weighted by Crippen LogP contribution is 2.44. The van der Waals surface area contributed by atoms with Crippen LogP contribution in [-0.4, -0.2) is 66.9 Å². The molecule has 2 fully saturated rings. The van der Waals surface area contributed by atoms with Crippen molar-refractivity contribution in [2.24, 2.45) is 11.7 Å². The van der Waals surface area contributed by atoms with Crippen molar-refractivity contribution < 1.29 is 19.4 Å². The van der Waals surface area contributed by atoms with E-state index in [1.165, 1.54) is 0 Å². The number of methoxy groups -OCH3 is 1. The van der Waals surface area contributed by atoms with Gasteiger partial charge in [-0.1, -0.05) is 43.3 Å². The third-order valence-electron chi connectivity index (χ3n) is 7.95. The number of amides is 2. The maximum Gasteiger partial charge on any atom is 0.320 e. The second-order valence-corrected chi connectivity index (χ2v) is 10.5. The topological polar surface area (TPSA) is 88.3 Å². The summed E-state index contributed by atoms with van der Waals surface area (Å²) in [6, 6.07) is 16.0. The normalized spacial score (nSPS) is 21.6. The number of carbonyl (C=O) groups is 1. The molecule has 7 nitrogen and oxygen atoms in total. The van der Waals surface area contributed by atoms with E-state index in [1.807, 2.05) is 52.3 Å². The molecule has 2 heterocycles. The van der Waals surface area contributed by atoms with Crippen LogP contribution in [0.25, 0.3) is 0 Å². The van der Waals surface area contributed by atoms with Crippen LogP contribution in [0, 0.1) is 5.92 Å². The van der Waals surface area contributed by atoms with Crippen LogP contribution >= 0.6 is 0 Å². The lowest BCUT2D eigenvalue weighted by Crippen LogP contribution is -2.51. The number of aliphatic hydroxyl groups is 1. The number of aryl methyl sites for hydroxylation is 1. The molecule has 2 aliphatic heterocycles. The lowest BCUT2D eigenvalue weighted by atomic mass is 9.73. The third-order valence-corrected chi connectivity index (χ3v) is 7.95. The van der Waals surface area contributed by atoms with Gasteiger partial charge in [-0.15, -0.1) is 0 Å². The van der Waals surface area contributed by atoms with Crippen molar-refractivity contribution in [3.63, 3.8) is 0 Å². The Morgan fingerprint density at radius 1 is 1.03 bits per heavy atom. The van der Waals surface area contributed by atoms with Crippen molar-refractivity contribution in [3.8, 4) is 11.5 Å². The minimum atomic E-state index is -1.13. The Labute approximate surface area is 221 Å². The van der Waals surface area contributed by atoms with Crippen LogP contribution in [0.5, 0.6) is 11.5 Å². The third kappa shape index (κ3) is 6.46. The monoisotopic (exact) mass is 509 g/mol. The predicted octanol–water partition coefficient (Wildman–Crippen LogP) is 4.91. The van der Waals surface area contributed by atoms with E-state index in [2.05, 4.69) is 13.0 Å². The zero-order valence-electron chi connectivity index (χ0n) is 22.4. The number of hydrogen-bond acceptors (Lipinski definition) is 5. The molecule has 0 spiro atoms. The maximum atomic E-state index is 13.3. The van der Waals surface area contributed by atoms with Gasteiger partial charge in [-0.3, -0.25) is 0 Å². The second-order valence-electron chi connectivity index (χ2n) is 10.5. The summed E-state index contributed by atoms with van der Waals surface area (Å²) >= 11 is 0. The minimum absolute atomic E-state index is 0.0424. The Balaban J connectivity index is 1.62. The molecule has 3 atom stereocenters. The number of ether oxygens (including phenoxy) is 2. The highest BCUT2D eigenvalue weighted by molar-refractivity contribution is 5.75. The molecule has 0 aliphatic carbocycles. The van der Waals surface area contributed by atoms with Crippen molar-refractivity contribution in [1.29, 1.82) is 0 Å². The van der Waals surface area contributed by atoms with Crippen LogP contribution in [0.1, 0.15) is 56.6 Å². The average Bonchev–Trinajstić information content (AvgIpc) is 3.37. The summed E-state index contributed by atoms with van der Waals surface area (Å²) in [4.78, 5) is 17.1. The first-order valence-corrected chi connectivity index (χ1v) is 13.8. The molecule has 2 amide bonds. The zero-order valence-corrected chi connectivity index (χ0v) is 22.4. The van der Waals surface area contributed by atoms with Crippen molar-refractivity contribution in [2.45, 2.75) is 63.5 Å². The first-order chi connectivity index (χ1) is 18.0. The number of benzene rings is 2. The number of para-hydroxylation sites is 2. The first kappa shape index (κ1) is 27.4. The minimum Gasteiger partial charge on any atom is -0.457 e. The Morgan fingerprint density at radius 2 is 1.76 bits per heavy atom. The van der Waals surface area contributed by atoms with E-state index in [4.69, 9.17) is 15.2 Å². The fraction of sp³-hybridized carbons (Fsp3) is 0.567. The summed E-state index contributed by atoms with van der Waals surface area (Å²) in [5, 5.41) is 12.5. The van der Waals surface area contributed by atoms with E-state index in [0.717, 1.165) is 55.4 Å². The Bertz CT molecular complexity index is 1030. The molecule has 0 aromatic heterocycles. The molecule has 0 saturated carbocycles. The van der Waals surface area contributed by atoms with Crippen LogP contribution < -0.4 is 10.5 Å². The predicted molar refractivity (Wildman–Crippen MR) is 146 cm³/mol. The fourth-order valence-electron chi connectivity index (χ4n) is 5.83. The van der Waals surface area contributed by atoms with Crippen LogP contribution in [-0.2, 0) is 16.8 Å². The van der Waals surface area contributed by atoms with Gasteiger partial charge in [-0.25, -0.2) is 4.79 Å². The second kappa shape index (κ2) is 12.8. The van der Waals surface area contributed by atoms with E-state index in [1.54, 1.807) is 7.11 Å². The number of nitrogens with two attached hydrogens (primary N) is 1. The summed E-state index contributed by atoms with van der Waals surface area (Å²) in [6.45, 7) is 5.31. The summed E-state index contributed by atoms with van der Waals surface area (Å²) in [6.07, 6.45) is 5.67. The van der Waals surface area contributed by atoms with E-state index in [0.29, 0.717) is 45.0 Å². The van der Waals surface area contributed by atoms with E-state index >= 15 is 0 Å². The molecule has 2 aromatic rings. The lowest BCUT2D eigenvalue weighted by molar-refractivity contribution is -0.0586. The van der Waals surface area contributed by atoms with Crippen molar-refractivity contribution >= 4 is 6.03 Å². The highest BCUT2D eigenvalue weighted by atomic mass is 16.5. The number of unbranched alkanes of at least 4 members (excludes halogenated alkanes) is 1. The molecule has 0 radical (unpaired) electrons. The summed E-state index contributed by atoms with van der Waals surface area (Å²) in [5.74, 6) is 1.38. The van der Waals surface area contributed by atoms with Gasteiger partial charge in [0.05, 0.1) is 5.60 Å².